The van der Waals surface area contributed by atoms with E-state index in [4.69, 9.17) is 4.55 Å². The van der Waals surface area contributed by atoms with Crippen LogP contribution in [0.1, 0.15) is 54.3 Å². The van der Waals surface area contributed by atoms with Crippen molar-refractivity contribution in [2.24, 2.45) is 0 Å². The van der Waals surface area contributed by atoms with Gasteiger partial charge < -0.3 is 6.74 Å². The average Bonchev–Trinajstić information content (AvgIpc) is 2.23. The van der Waals surface area contributed by atoms with Crippen LogP contribution in [0.4, 0.5) is 0 Å². The van der Waals surface area contributed by atoms with Gasteiger partial charge in [0.25, 0.3) is 10.1 Å². The van der Waals surface area contributed by atoms with E-state index in [1.165, 1.54) is 25.7 Å². The number of hydrogen-bond acceptors (Lipinski definition) is 4. The van der Waals surface area contributed by atoms with Gasteiger partial charge in [0, 0.05) is 12.2 Å². The molecule has 0 aromatic heterocycles. The minimum absolute atomic E-state index is 0. The zero-order valence-corrected chi connectivity index (χ0v) is 18.4. The summed E-state index contributed by atoms with van der Waals surface area (Å²) < 4.78 is 30.4. The van der Waals surface area contributed by atoms with Crippen molar-refractivity contribution in [1.82, 2.24) is 5.32 Å². The Morgan fingerprint density at radius 1 is 1.24 bits per heavy atom. The van der Waals surface area contributed by atoms with Gasteiger partial charge in [-0.1, -0.05) is 26.2 Å². The number of hydrogen-bond donors (Lipinski definition) is 2. The third-order valence-corrected chi connectivity index (χ3v) is 4.79. The van der Waals surface area contributed by atoms with Gasteiger partial charge in [-0.3, -0.25) is 9.35 Å². The number of rotatable bonds is 11. The fourth-order valence-electron chi connectivity index (χ4n) is 1.83. The Morgan fingerprint density at radius 3 is 2.38 bits per heavy atom. The van der Waals surface area contributed by atoms with Crippen molar-refractivity contribution in [3.8, 4) is 0 Å². The molecule has 1 amide bonds. The standard InChI is InChI=1S/C13H27NO4S2.K.H/c1-4-5-6-7-9-19-10-8-12(15)14-13(2,3)11-20(16,17)18;;/h4-11H2,1-3H3,(H,14,15)(H,16,17,18);;/q;+1;-1. The Morgan fingerprint density at radius 2 is 1.86 bits per heavy atom. The summed E-state index contributed by atoms with van der Waals surface area (Å²) in [7, 11) is -4.09. The number of nitrogens with one attached hydrogen (secondary N) is 1. The van der Waals surface area contributed by atoms with Crippen LogP contribution in [0, 0.1) is 0 Å². The van der Waals surface area contributed by atoms with Gasteiger partial charge in [0.15, 0.2) is 0 Å². The second kappa shape index (κ2) is 12.7. The van der Waals surface area contributed by atoms with E-state index in [-0.39, 0.29) is 58.7 Å². The molecule has 0 aliphatic rings. The molecule has 0 aliphatic carbocycles. The molecule has 0 spiro atoms. The van der Waals surface area contributed by atoms with Crippen molar-refractivity contribution in [3.05, 3.63) is 0 Å². The van der Waals surface area contributed by atoms with Crippen LogP contribution in [0.25, 0.3) is 0 Å². The van der Waals surface area contributed by atoms with Gasteiger partial charge in [0.2, 0.25) is 5.91 Å². The fourth-order valence-corrected chi connectivity index (χ4v) is 3.76. The first-order valence-electron chi connectivity index (χ1n) is 7.00. The van der Waals surface area contributed by atoms with E-state index in [2.05, 4.69) is 12.2 Å². The van der Waals surface area contributed by atoms with Gasteiger partial charge in [-0.15, -0.1) is 0 Å². The molecule has 0 aromatic carbocycles. The molecule has 0 saturated carbocycles. The van der Waals surface area contributed by atoms with Gasteiger partial charge in [-0.05, 0) is 26.0 Å². The molecule has 0 aliphatic heterocycles. The maximum absolute atomic E-state index is 11.7. The first-order valence-corrected chi connectivity index (χ1v) is 9.76. The molecule has 0 rings (SSSR count). The molecule has 2 N–H and O–H groups in total. The molecule has 0 saturated heterocycles. The van der Waals surface area contributed by atoms with E-state index in [9.17, 15) is 13.2 Å². The van der Waals surface area contributed by atoms with Gasteiger partial charge >= 0.3 is 51.4 Å². The van der Waals surface area contributed by atoms with Gasteiger partial charge in [0.1, 0.15) is 0 Å². The van der Waals surface area contributed by atoms with Gasteiger partial charge in [-0.2, -0.15) is 20.2 Å². The van der Waals surface area contributed by atoms with Crippen LogP contribution in [0.5, 0.6) is 0 Å². The largest absolute Gasteiger partial charge is 1.00 e. The molecule has 0 aromatic rings. The summed E-state index contributed by atoms with van der Waals surface area (Å²) in [5.41, 5.74) is -0.948. The molecule has 0 radical (unpaired) electrons. The normalized spacial score (nSPS) is 11.8. The molecule has 5 nitrogen and oxygen atoms in total. The zero-order valence-electron chi connectivity index (χ0n) is 14.6. The van der Waals surface area contributed by atoms with Crippen LogP contribution in [-0.2, 0) is 14.9 Å². The quantitative estimate of drug-likeness (QED) is 0.295. The molecule has 122 valence electrons. The van der Waals surface area contributed by atoms with E-state index >= 15 is 0 Å². The number of carbonyl (C=O) groups is 1. The van der Waals surface area contributed by atoms with Crippen molar-refractivity contribution in [2.45, 2.75) is 58.4 Å². The molecule has 0 fully saturated rings. The maximum Gasteiger partial charge on any atom is 1.00 e. The number of unbranched alkanes of at least 4 members (excludes halogenated alkanes) is 3. The van der Waals surface area contributed by atoms with E-state index < -0.39 is 21.4 Å². The first-order chi connectivity index (χ1) is 9.16. The molecule has 0 unspecified atom stereocenters. The average molecular weight is 366 g/mol. The summed E-state index contributed by atoms with van der Waals surface area (Å²) in [5, 5.41) is 2.63. The molecule has 8 heteroatoms. The third kappa shape index (κ3) is 17.6. The molecule has 0 heterocycles. The molecular weight excluding hydrogens is 337 g/mol. The predicted octanol–water partition coefficient (Wildman–Crippen LogP) is -0.411. The summed E-state index contributed by atoms with van der Waals surface area (Å²) in [4.78, 5) is 11.7. The van der Waals surface area contributed by atoms with Crippen molar-refractivity contribution >= 4 is 27.8 Å². The van der Waals surface area contributed by atoms with Crippen LogP contribution in [0.3, 0.4) is 0 Å². The Labute approximate surface area is 177 Å². The number of amides is 1. The Hall–Kier alpha value is 1.37. The van der Waals surface area contributed by atoms with Crippen molar-refractivity contribution in [3.63, 3.8) is 0 Å². The van der Waals surface area contributed by atoms with Crippen molar-refractivity contribution in [1.29, 1.82) is 0 Å². The molecule has 21 heavy (non-hydrogen) atoms. The van der Waals surface area contributed by atoms with Crippen LogP contribution in [-0.4, -0.2) is 41.7 Å². The summed E-state index contributed by atoms with van der Waals surface area (Å²) in [6.07, 6.45) is 5.25. The summed E-state index contributed by atoms with van der Waals surface area (Å²) in [5.74, 6) is 1.14. The topological polar surface area (TPSA) is 83.5 Å². The van der Waals surface area contributed by atoms with E-state index in [0.29, 0.717) is 6.42 Å². The summed E-state index contributed by atoms with van der Waals surface area (Å²) in [6.45, 7) is 5.33. The van der Waals surface area contributed by atoms with E-state index in [1.54, 1.807) is 25.6 Å². The molecule has 0 bridgehead atoms. The summed E-state index contributed by atoms with van der Waals surface area (Å²) >= 11 is 1.74. The number of carbonyl (C=O) groups excluding carboxylic acids is 1. The smallest absolute Gasteiger partial charge is 1.00 e. The minimum atomic E-state index is -4.09. The Kier molecular flexibility index (Phi) is 14.9. The third-order valence-electron chi connectivity index (χ3n) is 2.64. The van der Waals surface area contributed by atoms with E-state index in [0.717, 1.165) is 11.5 Å². The van der Waals surface area contributed by atoms with Gasteiger partial charge in [0.05, 0.1) is 11.3 Å². The van der Waals surface area contributed by atoms with E-state index in [1.807, 2.05) is 0 Å². The SMILES string of the molecule is CCCCCCSCCC(=O)NC(C)(C)CS(=O)(=O)O.[H-].[K+]. The maximum atomic E-state index is 11.7. The molecule has 0 atom stereocenters. The Balaban J connectivity index is -0.00000180. The second-order valence-electron chi connectivity index (χ2n) is 5.58. The minimum Gasteiger partial charge on any atom is -1.00 e. The fraction of sp³-hybridized carbons (Fsp3) is 0.923. The predicted molar refractivity (Wildman–Crippen MR) is 85.8 cm³/mol. The van der Waals surface area contributed by atoms with Crippen LogP contribution >= 0.6 is 11.8 Å². The van der Waals surface area contributed by atoms with Crippen molar-refractivity contribution < 1.29 is 70.6 Å². The Bertz CT molecular complexity index is 392. The first kappa shape index (κ1) is 24.6. The monoisotopic (exact) mass is 365 g/mol. The van der Waals surface area contributed by atoms with Gasteiger partial charge in [-0.25, -0.2) is 0 Å². The van der Waals surface area contributed by atoms with Crippen LogP contribution < -0.4 is 56.7 Å². The van der Waals surface area contributed by atoms with Crippen LogP contribution in [0.15, 0.2) is 0 Å². The van der Waals surface area contributed by atoms with Crippen LogP contribution in [0.2, 0.25) is 0 Å². The number of thioether (sulfide) groups is 1. The molecular formula is C13H28KNO4S2. The van der Waals surface area contributed by atoms with Crippen molar-refractivity contribution in [2.75, 3.05) is 17.3 Å². The summed E-state index contributed by atoms with van der Waals surface area (Å²) in [6, 6.07) is 0. The second-order valence-corrected chi connectivity index (χ2v) is 8.26. The zero-order chi connectivity index (χ0) is 15.6.